The summed E-state index contributed by atoms with van der Waals surface area (Å²) in [5.41, 5.74) is 5.82. The van der Waals surface area contributed by atoms with Crippen molar-refractivity contribution in [3.63, 3.8) is 0 Å². The average Bonchev–Trinajstić information content (AvgIpc) is 2.56. The molecule has 0 aromatic rings. The normalized spacial score (nSPS) is 27.0. The van der Waals surface area contributed by atoms with E-state index in [0.717, 1.165) is 13.0 Å². The highest BCUT2D eigenvalue weighted by Gasteiger charge is 2.57. The zero-order valence-corrected chi connectivity index (χ0v) is 15.6. The molecule has 3 atom stereocenters. The van der Waals surface area contributed by atoms with Gasteiger partial charge in [-0.15, -0.1) is 12.4 Å². The van der Waals surface area contributed by atoms with E-state index in [0.29, 0.717) is 25.1 Å². The summed E-state index contributed by atoms with van der Waals surface area (Å²) < 4.78 is 11.2. The maximum absolute atomic E-state index is 12.5. The van der Waals surface area contributed by atoms with Gasteiger partial charge in [-0.05, 0) is 26.2 Å². The molecule has 0 radical (unpaired) electrons. The van der Waals surface area contributed by atoms with Gasteiger partial charge in [0.15, 0.2) is 0 Å². The van der Waals surface area contributed by atoms with E-state index in [1.807, 2.05) is 11.9 Å². The third-order valence-corrected chi connectivity index (χ3v) is 5.75. The number of rotatable bonds is 7. The van der Waals surface area contributed by atoms with Crippen LogP contribution in [-0.2, 0) is 14.3 Å². The molecule has 5 nitrogen and oxygen atoms in total. The van der Waals surface area contributed by atoms with E-state index in [4.69, 9.17) is 15.2 Å². The lowest BCUT2D eigenvalue weighted by Gasteiger charge is -2.60. The predicted molar refractivity (Wildman–Crippen MR) is 93.8 cm³/mol. The van der Waals surface area contributed by atoms with Gasteiger partial charge in [0.2, 0.25) is 5.91 Å². The van der Waals surface area contributed by atoms with Gasteiger partial charge in [-0.25, -0.2) is 0 Å². The molecule has 0 saturated heterocycles. The van der Waals surface area contributed by atoms with Crippen molar-refractivity contribution in [1.29, 1.82) is 0 Å². The van der Waals surface area contributed by atoms with Gasteiger partial charge in [0, 0.05) is 38.8 Å². The lowest BCUT2D eigenvalue weighted by Crippen LogP contribution is -2.65. The van der Waals surface area contributed by atoms with Crippen LogP contribution in [0.4, 0.5) is 0 Å². The van der Waals surface area contributed by atoms with Crippen LogP contribution in [0.3, 0.4) is 0 Å². The molecule has 2 N–H and O–H groups in total. The minimum absolute atomic E-state index is 0. The molecule has 1 amide bonds. The highest BCUT2D eigenvalue weighted by Crippen LogP contribution is 2.55. The van der Waals surface area contributed by atoms with Crippen molar-refractivity contribution in [3.8, 4) is 0 Å². The Labute approximate surface area is 146 Å². The molecule has 2 aliphatic rings. The maximum Gasteiger partial charge on any atom is 0.225 e. The second-order valence-electron chi connectivity index (χ2n) is 6.79. The first kappa shape index (κ1) is 20.7. The van der Waals surface area contributed by atoms with E-state index in [-0.39, 0.29) is 29.8 Å². The SMILES string of the molecule is CCOC1CC(N(C)C(=O)CC(CN)OC)C12CCCCC2.Cl. The quantitative estimate of drug-likeness (QED) is 0.767. The van der Waals surface area contributed by atoms with E-state index in [9.17, 15) is 4.79 Å². The van der Waals surface area contributed by atoms with E-state index >= 15 is 0 Å². The van der Waals surface area contributed by atoms with Crippen molar-refractivity contribution in [3.05, 3.63) is 0 Å². The molecule has 2 fully saturated rings. The Kier molecular flexibility index (Phi) is 8.28. The van der Waals surface area contributed by atoms with Crippen LogP contribution in [0, 0.1) is 5.41 Å². The van der Waals surface area contributed by atoms with Gasteiger partial charge in [0.25, 0.3) is 0 Å². The van der Waals surface area contributed by atoms with Crippen LogP contribution < -0.4 is 5.73 Å². The van der Waals surface area contributed by atoms with Crippen LogP contribution in [0.15, 0.2) is 0 Å². The number of amides is 1. The number of carbonyl (C=O) groups is 1. The number of hydrogen-bond donors (Lipinski definition) is 1. The van der Waals surface area contributed by atoms with E-state index < -0.39 is 0 Å². The zero-order chi connectivity index (χ0) is 16.2. The topological polar surface area (TPSA) is 64.8 Å². The number of nitrogens with zero attached hydrogens (tertiary/aromatic N) is 1. The van der Waals surface area contributed by atoms with Crippen LogP contribution in [0.5, 0.6) is 0 Å². The first-order chi connectivity index (χ1) is 10.6. The van der Waals surface area contributed by atoms with Gasteiger partial charge in [-0.2, -0.15) is 0 Å². The summed E-state index contributed by atoms with van der Waals surface area (Å²) in [5.74, 6) is 0.141. The fraction of sp³-hybridized carbons (Fsp3) is 0.941. The average molecular weight is 349 g/mol. The van der Waals surface area contributed by atoms with Crippen LogP contribution in [0.25, 0.3) is 0 Å². The molecule has 0 bridgehead atoms. The third-order valence-electron chi connectivity index (χ3n) is 5.75. The van der Waals surface area contributed by atoms with E-state index in [1.54, 1.807) is 7.11 Å². The fourth-order valence-corrected chi connectivity index (χ4v) is 4.35. The first-order valence-corrected chi connectivity index (χ1v) is 8.69. The zero-order valence-electron chi connectivity index (χ0n) is 14.8. The Morgan fingerprint density at radius 2 is 2.00 bits per heavy atom. The maximum atomic E-state index is 12.5. The smallest absolute Gasteiger partial charge is 0.225 e. The molecule has 0 aromatic carbocycles. The number of ether oxygens (including phenoxy) is 2. The van der Waals surface area contributed by atoms with Crippen molar-refractivity contribution < 1.29 is 14.3 Å². The molecule has 2 aliphatic carbocycles. The van der Waals surface area contributed by atoms with Gasteiger partial charge < -0.3 is 20.1 Å². The molecular formula is C17H33ClN2O3. The number of carbonyl (C=O) groups excluding carboxylic acids is 1. The molecule has 0 heterocycles. The van der Waals surface area contributed by atoms with Crippen molar-refractivity contribution in [2.24, 2.45) is 11.1 Å². The van der Waals surface area contributed by atoms with Gasteiger partial charge in [-0.1, -0.05) is 19.3 Å². The van der Waals surface area contributed by atoms with Crippen LogP contribution >= 0.6 is 12.4 Å². The molecule has 2 saturated carbocycles. The molecule has 23 heavy (non-hydrogen) atoms. The van der Waals surface area contributed by atoms with Gasteiger partial charge in [0.1, 0.15) is 0 Å². The van der Waals surface area contributed by atoms with Crippen LogP contribution in [0.1, 0.15) is 51.9 Å². The summed E-state index contributed by atoms with van der Waals surface area (Å²) in [6.45, 7) is 3.20. The lowest BCUT2D eigenvalue weighted by molar-refractivity contribution is -0.185. The third kappa shape index (κ3) is 4.19. The highest BCUT2D eigenvalue weighted by molar-refractivity contribution is 5.85. The van der Waals surface area contributed by atoms with E-state index in [2.05, 4.69) is 6.92 Å². The minimum Gasteiger partial charge on any atom is -0.380 e. The Morgan fingerprint density at radius 3 is 2.52 bits per heavy atom. The molecule has 0 aliphatic heterocycles. The molecule has 2 rings (SSSR count). The second kappa shape index (κ2) is 9.21. The Balaban J connectivity index is 0.00000264. The summed E-state index contributed by atoms with van der Waals surface area (Å²) in [5, 5.41) is 0. The summed E-state index contributed by atoms with van der Waals surface area (Å²) in [6, 6.07) is 0.312. The van der Waals surface area contributed by atoms with Gasteiger partial charge >= 0.3 is 0 Å². The van der Waals surface area contributed by atoms with Gasteiger partial charge in [0.05, 0.1) is 18.6 Å². The van der Waals surface area contributed by atoms with Crippen molar-refractivity contribution in [2.75, 3.05) is 27.3 Å². The first-order valence-electron chi connectivity index (χ1n) is 8.69. The largest absolute Gasteiger partial charge is 0.380 e. The molecule has 0 aromatic heterocycles. The lowest BCUT2D eigenvalue weighted by atomic mass is 9.54. The molecular weight excluding hydrogens is 316 g/mol. The fourth-order valence-electron chi connectivity index (χ4n) is 4.35. The summed E-state index contributed by atoms with van der Waals surface area (Å²) in [4.78, 5) is 14.5. The van der Waals surface area contributed by atoms with Gasteiger partial charge in [-0.3, -0.25) is 4.79 Å². The predicted octanol–water partition coefficient (Wildman–Crippen LogP) is 2.36. The Hall–Kier alpha value is -0.360. The number of methoxy groups -OCH3 is 1. The molecule has 1 spiro atoms. The standard InChI is InChI=1S/C17H32N2O3.ClH/c1-4-22-15-11-14(17(15)8-6-5-7-9-17)19(2)16(20)10-13(12-18)21-3;/h13-15H,4-12,18H2,1-3H3;1H. The van der Waals surface area contributed by atoms with E-state index in [1.165, 1.54) is 32.1 Å². The Morgan fingerprint density at radius 1 is 1.35 bits per heavy atom. The van der Waals surface area contributed by atoms with Crippen LogP contribution in [0.2, 0.25) is 0 Å². The van der Waals surface area contributed by atoms with Crippen molar-refractivity contribution >= 4 is 18.3 Å². The summed E-state index contributed by atoms with van der Waals surface area (Å²) in [7, 11) is 3.55. The molecule has 3 unspecified atom stereocenters. The highest BCUT2D eigenvalue weighted by atomic mass is 35.5. The van der Waals surface area contributed by atoms with Crippen molar-refractivity contribution in [2.45, 2.75) is 70.1 Å². The molecule has 6 heteroatoms. The summed E-state index contributed by atoms with van der Waals surface area (Å²) >= 11 is 0. The number of hydrogen-bond acceptors (Lipinski definition) is 4. The van der Waals surface area contributed by atoms with Crippen LogP contribution in [-0.4, -0.2) is 56.4 Å². The number of halogens is 1. The Bertz CT molecular complexity index is 371. The van der Waals surface area contributed by atoms with Crippen molar-refractivity contribution in [1.82, 2.24) is 4.90 Å². The monoisotopic (exact) mass is 348 g/mol. The summed E-state index contributed by atoms with van der Waals surface area (Å²) in [6.07, 6.45) is 7.67. The number of nitrogens with two attached hydrogens (primary N) is 1. The minimum atomic E-state index is -0.181. The second-order valence-corrected chi connectivity index (χ2v) is 6.79. The molecule has 136 valence electrons.